The van der Waals surface area contributed by atoms with Crippen LogP contribution >= 0.6 is 0 Å². The number of piperidine rings is 1. The van der Waals surface area contributed by atoms with E-state index in [1.54, 1.807) is 0 Å². The predicted octanol–water partition coefficient (Wildman–Crippen LogP) is 4.85. The molecule has 2 fully saturated rings. The van der Waals surface area contributed by atoms with E-state index >= 15 is 0 Å². The molecule has 6 nitrogen and oxygen atoms in total. The van der Waals surface area contributed by atoms with Crippen molar-refractivity contribution in [2.75, 3.05) is 13.2 Å². The SMILES string of the molecule is O=C(CC1CCCCC1)N1CCCCC1c1nc(CCOCc2ccccc2)no1. The van der Waals surface area contributed by atoms with E-state index in [1.165, 1.54) is 32.1 Å². The van der Waals surface area contributed by atoms with Gasteiger partial charge in [-0.2, -0.15) is 4.98 Å². The minimum atomic E-state index is -0.0682. The molecule has 1 saturated carbocycles. The molecule has 1 aromatic carbocycles. The number of ether oxygens (including phenoxy) is 1. The molecule has 1 saturated heterocycles. The zero-order valence-corrected chi connectivity index (χ0v) is 17.8. The van der Waals surface area contributed by atoms with Crippen LogP contribution in [-0.4, -0.2) is 34.1 Å². The maximum atomic E-state index is 13.0. The molecule has 2 heterocycles. The first kappa shape index (κ1) is 21.0. The lowest BCUT2D eigenvalue weighted by molar-refractivity contribution is -0.137. The molecule has 2 aliphatic rings. The largest absolute Gasteiger partial charge is 0.376 e. The van der Waals surface area contributed by atoms with Crippen molar-refractivity contribution in [1.29, 1.82) is 0 Å². The van der Waals surface area contributed by atoms with Crippen molar-refractivity contribution in [3.05, 3.63) is 47.6 Å². The van der Waals surface area contributed by atoms with Crippen LogP contribution in [-0.2, 0) is 22.6 Å². The minimum Gasteiger partial charge on any atom is -0.376 e. The van der Waals surface area contributed by atoms with Gasteiger partial charge in [-0.1, -0.05) is 54.8 Å². The molecule has 1 aliphatic carbocycles. The molecule has 162 valence electrons. The monoisotopic (exact) mass is 411 g/mol. The third-order valence-electron chi connectivity index (χ3n) is 6.36. The van der Waals surface area contributed by atoms with Crippen LogP contribution in [0.5, 0.6) is 0 Å². The van der Waals surface area contributed by atoms with Gasteiger partial charge >= 0.3 is 0 Å². The number of carbonyl (C=O) groups is 1. The van der Waals surface area contributed by atoms with Gasteiger partial charge in [0.2, 0.25) is 11.8 Å². The van der Waals surface area contributed by atoms with E-state index in [1.807, 2.05) is 23.1 Å². The van der Waals surface area contributed by atoms with Gasteiger partial charge < -0.3 is 14.2 Å². The van der Waals surface area contributed by atoms with Gasteiger partial charge in [0.15, 0.2) is 5.82 Å². The fraction of sp³-hybridized carbons (Fsp3) is 0.625. The Morgan fingerprint density at radius 3 is 2.70 bits per heavy atom. The molecule has 0 N–H and O–H groups in total. The van der Waals surface area contributed by atoms with Gasteiger partial charge in [0.25, 0.3) is 0 Å². The number of carbonyl (C=O) groups excluding carboxylic acids is 1. The molecule has 4 rings (SSSR count). The maximum Gasteiger partial charge on any atom is 0.249 e. The molecular weight excluding hydrogens is 378 g/mol. The van der Waals surface area contributed by atoms with Crippen LogP contribution < -0.4 is 0 Å². The molecule has 1 aromatic heterocycles. The summed E-state index contributed by atoms with van der Waals surface area (Å²) in [5, 5.41) is 4.14. The van der Waals surface area contributed by atoms with Crippen molar-refractivity contribution in [2.45, 2.75) is 76.9 Å². The minimum absolute atomic E-state index is 0.0682. The summed E-state index contributed by atoms with van der Waals surface area (Å²) in [6.07, 6.45) is 10.6. The van der Waals surface area contributed by atoms with E-state index in [2.05, 4.69) is 22.3 Å². The second-order valence-electron chi connectivity index (χ2n) is 8.64. The van der Waals surface area contributed by atoms with Crippen LogP contribution in [0, 0.1) is 5.92 Å². The van der Waals surface area contributed by atoms with Crippen molar-refractivity contribution in [3.63, 3.8) is 0 Å². The number of amides is 1. The Morgan fingerprint density at radius 2 is 1.87 bits per heavy atom. The van der Waals surface area contributed by atoms with Crippen molar-refractivity contribution < 1.29 is 14.1 Å². The second kappa shape index (κ2) is 10.7. The summed E-state index contributed by atoms with van der Waals surface area (Å²) in [6, 6.07) is 10.0. The molecular formula is C24H33N3O3. The molecule has 0 bridgehead atoms. The second-order valence-corrected chi connectivity index (χ2v) is 8.64. The molecule has 1 atom stereocenters. The maximum absolute atomic E-state index is 13.0. The Morgan fingerprint density at radius 1 is 1.07 bits per heavy atom. The van der Waals surface area contributed by atoms with Crippen LogP contribution in [0.4, 0.5) is 0 Å². The van der Waals surface area contributed by atoms with E-state index in [-0.39, 0.29) is 11.9 Å². The molecule has 2 aromatic rings. The average Bonchev–Trinajstić information content (AvgIpc) is 3.27. The van der Waals surface area contributed by atoms with Gasteiger partial charge in [-0.05, 0) is 43.6 Å². The van der Waals surface area contributed by atoms with Crippen molar-refractivity contribution >= 4 is 5.91 Å². The predicted molar refractivity (Wildman–Crippen MR) is 114 cm³/mol. The highest BCUT2D eigenvalue weighted by Crippen LogP contribution is 2.33. The average molecular weight is 412 g/mol. The fourth-order valence-corrected chi connectivity index (χ4v) is 4.67. The van der Waals surface area contributed by atoms with Crippen LogP contribution in [0.3, 0.4) is 0 Å². The van der Waals surface area contributed by atoms with E-state index in [9.17, 15) is 4.79 Å². The Balaban J connectivity index is 1.29. The molecule has 1 unspecified atom stereocenters. The normalized spacial score (nSPS) is 20.4. The summed E-state index contributed by atoms with van der Waals surface area (Å²) >= 11 is 0. The van der Waals surface area contributed by atoms with E-state index < -0.39 is 0 Å². The van der Waals surface area contributed by atoms with Crippen LogP contribution in [0.15, 0.2) is 34.9 Å². The zero-order chi connectivity index (χ0) is 20.6. The lowest BCUT2D eigenvalue weighted by atomic mass is 9.86. The number of hydrogen-bond acceptors (Lipinski definition) is 5. The number of hydrogen-bond donors (Lipinski definition) is 0. The van der Waals surface area contributed by atoms with Gasteiger partial charge in [-0.25, -0.2) is 0 Å². The molecule has 6 heteroatoms. The van der Waals surface area contributed by atoms with Crippen LogP contribution in [0.2, 0.25) is 0 Å². The fourth-order valence-electron chi connectivity index (χ4n) is 4.67. The number of likely N-dealkylation sites (tertiary alicyclic amines) is 1. The number of rotatable bonds is 8. The summed E-state index contributed by atoms with van der Waals surface area (Å²) in [5.41, 5.74) is 1.15. The van der Waals surface area contributed by atoms with E-state index in [0.717, 1.165) is 31.4 Å². The summed E-state index contributed by atoms with van der Waals surface area (Å²) in [5.74, 6) is 2.06. The first-order valence-corrected chi connectivity index (χ1v) is 11.5. The van der Waals surface area contributed by atoms with Crippen molar-refractivity contribution in [1.82, 2.24) is 15.0 Å². The zero-order valence-electron chi connectivity index (χ0n) is 17.8. The van der Waals surface area contributed by atoms with Gasteiger partial charge in [0, 0.05) is 19.4 Å². The summed E-state index contributed by atoms with van der Waals surface area (Å²) in [6.45, 7) is 1.93. The number of aromatic nitrogens is 2. The van der Waals surface area contributed by atoms with Crippen LogP contribution in [0.25, 0.3) is 0 Å². The first-order chi connectivity index (χ1) is 14.8. The third-order valence-corrected chi connectivity index (χ3v) is 6.36. The Labute approximate surface area is 179 Å². The Bertz CT molecular complexity index is 786. The molecule has 0 radical (unpaired) electrons. The summed E-state index contributed by atoms with van der Waals surface area (Å²) < 4.78 is 11.3. The topological polar surface area (TPSA) is 68.5 Å². The standard InChI is InChI=1S/C24H33N3O3/c28-23(17-19-9-3-1-4-10-19)27-15-8-7-13-21(27)24-25-22(26-30-24)14-16-29-18-20-11-5-2-6-12-20/h2,5-6,11-12,19,21H,1,3-4,7-10,13-18H2. The molecule has 0 spiro atoms. The quantitative estimate of drug-likeness (QED) is 0.581. The highest BCUT2D eigenvalue weighted by molar-refractivity contribution is 5.77. The van der Waals surface area contributed by atoms with Gasteiger partial charge in [-0.15, -0.1) is 0 Å². The van der Waals surface area contributed by atoms with Crippen molar-refractivity contribution in [3.8, 4) is 0 Å². The van der Waals surface area contributed by atoms with Gasteiger partial charge in [-0.3, -0.25) is 4.79 Å². The molecule has 1 aliphatic heterocycles. The highest BCUT2D eigenvalue weighted by atomic mass is 16.5. The summed E-state index contributed by atoms with van der Waals surface area (Å²) in [7, 11) is 0. The Hall–Kier alpha value is -2.21. The number of benzene rings is 1. The Kier molecular flexibility index (Phi) is 7.51. The van der Waals surface area contributed by atoms with Gasteiger partial charge in [0.1, 0.15) is 6.04 Å². The smallest absolute Gasteiger partial charge is 0.249 e. The number of nitrogens with zero attached hydrogens (tertiary/aromatic N) is 3. The van der Waals surface area contributed by atoms with Crippen LogP contribution in [0.1, 0.15) is 81.1 Å². The van der Waals surface area contributed by atoms with Gasteiger partial charge in [0.05, 0.1) is 13.2 Å². The van der Waals surface area contributed by atoms with E-state index in [4.69, 9.17) is 9.26 Å². The van der Waals surface area contributed by atoms with Crippen molar-refractivity contribution in [2.24, 2.45) is 5.92 Å². The third kappa shape index (κ3) is 5.69. The lowest BCUT2D eigenvalue weighted by Crippen LogP contribution is -2.39. The highest BCUT2D eigenvalue weighted by Gasteiger charge is 2.33. The first-order valence-electron chi connectivity index (χ1n) is 11.5. The van der Waals surface area contributed by atoms with E-state index in [0.29, 0.717) is 43.7 Å². The molecule has 30 heavy (non-hydrogen) atoms. The lowest BCUT2D eigenvalue weighted by Gasteiger charge is -2.35. The summed E-state index contributed by atoms with van der Waals surface area (Å²) in [4.78, 5) is 19.6. The molecule has 1 amide bonds.